The second-order valence-electron chi connectivity index (χ2n) is 4.61. The minimum absolute atomic E-state index is 0.0391. The van der Waals surface area contributed by atoms with E-state index in [1.165, 1.54) is 0 Å². The first kappa shape index (κ1) is 14.7. The van der Waals surface area contributed by atoms with E-state index in [9.17, 15) is 5.11 Å². The van der Waals surface area contributed by atoms with Gasteiger partial charge in [0.1, 0.15) is 12.4 Å². The summed E-state index contributed by atoms with van der Waals surface area (Å²) in [5, 5.41) is 13.3. The number of hydrogen-bond donors (Lipinski definition) is 2. The number of ether oxygens (including phenoxy) is 1. The number of likely N-dealkylation sites (N-methyl/N-ethyl adjacent to an activating group) is 1. The van der Waals surface area contributed by atoms with E-state index in [1.54, 1.807) is 0 Å². The van der Waals surface area contributed by atoms with Crippen LogP contribution in [0.4, 0.5) is 0 Å². The van der Waals surface area contributed by atoms with Crippen LogP contribution in [0.3, 0.4) is 0 Å². The molecule has 100 valence electrons. The van der Waals surface area contributed by atoms with Crippen LogP contribution < -0.4 is 10.1 Å². The molecule has 0 aliphatic heterocycles. The van der Waals surface area contributed by atoms with Gasteiger partial charge in [0.2, 0.25) is 0 Å². The zero-order chi connectivity index (χ0) is 13.5. The van der Waals surface area contributed by atoms with Gasteiger partial charge in [-0.25, -0.2) is 0 Å². The van der Waals surface area contributed by atoms with Crippen LogP contribution in [0.25, 0.3) is 0 Å². The molecule has 0 fully saturated rings. The minimum atomic E-state index is -0.500. The van der Waals surface area contributed by atoms with E-state index in [0.717, 1.165) is 23.4 Å². The monoisotopic (exact) mass is 249 g/mol. The van der Waals surface area contributed by atoms with Crippen LogP contribution in [-0.2, 0) is 0 Å². The van der Waals surface area contributed by atoms with Crippen LogP contribution in [0.1, 0.15) is 32.4 Å². The number of nitrogens with one attached hydrogen (secondary N) is 1. The maximum Gasteiger partial charge on any atom is 0.119 e. The molecule has 3 nitrogen and oxygen atoms in total. The van der Waals surface area contributed by atoms with Gasteiger partial charge in [0.05, 0.1) is 6.10 Å². The molecule has 0 aliphatic carbocycles. The molecule has 3 heteroatoms. The summed E-state index contributed by atoms with van der Waals surface area (Å²) in [6, 6.07) is 7.58. The van der Waals surface area contributed by atoms with Crippen LogP contribution in [0.5, 0.6) is 5.75 Å². The Hall–Kier alpha value is -1.32. The van der Waals surface area contributed by atoms with Crippen molar-refractivity contribution in [2.75, 3.05) is 13.2 Å². The molecule has 1 aromatic carbocycles. The first-order valence-corrected chi connectivity index (χ1v) is 6.33. The fourth-order valence-electron chi connectivity index (χ4n) is 1.69. The summed E-state index contributed by atoms with van der Waals surface area (Å²) in [5.74, 6) is 0.796. The van der Waals surface area contributed by atoms with Crippen LogP contribution in [0.2, 0.25) is 0 Å². The lowest BCUT2D eigenvalue weighted by Gasteiger charge is -2.20. The van der Waals surface area contributed by atoms with E-state index in [1.807, 2.05) is 45.0 Å². The lowest BCUT2D eigenvalue weighted by Crippen LogP contribution is -2.31. The molecular weight excluding hydrogens is 226 g/mol. The van der Waals surface area contributed by atoms with Gasteiger partial charge in [0.15, 0.2) is 0 Å². The number of benzene rings is 1. The molecular formula is C15H23NO2. The standard InChI is InChI=1S/C15H23NO2/c1-5-16-12(4)15(17)13-6-8-14(9-7-13)18-10-11(2)3/h6-9,12,15-17H,2,5,10H2,1,3-4H3. The largest absolute Gasteiger partial charge is 0.489 e. The average Bonchev–Trinajstić information content (AvgIpc) is 2.36. The van der Waals surface area contributed by atoms with Crippen molar-refractivity contribution in [3.8, 4) is 5.75 Å². The molecule has 0 radical (unpaired) electrons. The van der Waals surface area contributed by atoms with Gasteiger partial charge >= 0.3 is 0 Å². The second kappa shape index (κ2) is 7.19. The predicted octanol–water partition coefficient (Wildman–Crippen LogP) is 2.67. The van der Waals surface area contributed by atoms with E-state index >= 15 is 0 Å². The molecule has 0 amide bonds. The summed E-state index contributed by atoms with van der Waals surface area (Å²) in [7, 11) is 0. The molecule has 2 N–H and O–H groups in total. The lowest BCUT2D eigenvalue weighted by molar-refractivity contribution is 0.137. The van der Waals surface area contributed by atoms with Crippen LogP contribution in [0.15, 0.2) is 36.4 Å². The molecule has 18 heavy (non-hydrogen) atoms. The predicted molar refractivity (Wildman–Crippen MR) is 74.8 cm³/mol. The van der Waals surface area contributed by atoms with Crippen molar-refractivity contribution >= 4 is 0 Å². The van der Waals surface area contributed by atoms with E-state index < -0.39 is 6.10 Å². The van der Waals surface area contributed by atoms with E-state index in [2.05, 4.69) is 11.9 Å². The summed E-state index contributed by atoms with van der Waals surface area (Å²) in [6.07, 6.45) is -0.500. The molecule has 2 unspecified atom stereocenters. The van der Waals surface area contributed by atoms with Crippen LogP contribution in [0, 0.1) is 0 Å². The van der Waals surface area contributed by atoms with Gasteiger partial charge < -0.3 is 15.2 Å². The Balaban J connectivity index is 2.61. The van der Waals surface area contributed by atoms with Crippen molar-refractivity contribution in [2.24, 2.45) is 0 Å². The van der Waals surface area contributed by atoms with Gasteiger partial charge in [-0.2, -0.15) is 0 Å². The van der Waals surface area contributed by atoms with Gasteiger partial charge in [0.25, 0.3) is 0 Å². The van der Waals surface area contributed by atoms with Gasteiger partial charge in [0, 0.05) is 6.04 Å². The van der Waals surface area contributed by atoms with Crippen molar-refractivity contribution in [3.63, 3.8) is 0 Å². The average molecular weight is 249 g/mol. The molecule has 0 bridgehead atoms. The first-order chi connectivity index (χ1) is 8.54. The molecule has 1 rings (SSSR count). The van der Waals surface area contributed by atoms with E-state index in [4.69, 9.17) is 4.74 Å². The maximum absolute atomic E-state index is 10.1. The number of aliphatic hydroxyl groups is 1. The molecule has 0 aliphatic rings. The fourth-order valence-corrected chi connectivity index (χ4v) is 1.69. The third-order valence-electron chi connectivity index (χ3n) is 2.71. The highest BCUT2D eigenvalue weighted by Crippen LogP contribution is 2.20. The Kier molecular flexibility index (Phi) is 5.89. The molecule has 0 spiro atoms. The highest BCUT2D eigenvalue weighted by Gasteiger charge is 2.14. The van der Waals surface area contributed by atoms with Gasteiger partial charge in [-0.3, -0.25) is 0 Å². The van der Waals surface area contributed by atoms with Crippen molar-refractivity contribution in [1.29, 1.82) is 0 Å². The summed E-state index contributed by atoms with van der Waals surface area (Å²) in [6.45, 7) is 11.1. The third-order valence-corrected chi connectivity index (χ3v) is 2.71. The summed E-state index contributed by atoms with van der Waals surface area (Å²) in [5.41, 5.74) is 1.88. The van der Waals surface area contributed by atoms with E-state index in [0.29, 0.717) is 6.61 Å². The number of hydrogen-bond acceptors (Lipinski definition) is 3. The van der Waals surface area contributed by atoms with Crippen LogP contribution in [-0.4, -0.2) is 24.3 Å². The molecule has 0 aromatic heterocycles. The smallest absolute Gasteiger partial charge is 0.119 e. The Morgan fingerprint density at radius 2 is 2.00 bits per heavy atom. The van der Waals surface area contributed by atoms with E-state index in [-0.39, 0.29) is 6.04 Å². The molecule has 0 heterocycles. The van der Waals surface area contributed by atoms with Gasteiger partial charge in [-0.1, -0.05) is 25.6 Å². The topological polar surface area (TPSA) is 41.5 Å². The first-order valence-electron chi connectivity index (χ1n) is 6.33. The molecule has 0 saturated heterocycles. The second-order valence-corrected chi connectivity index (χ2v) is 4.61. The van der Waals surface area contributed by atoms with Crippen molar-refractivity contribution in [3.05, 3.63) is 42.0 Å². The molecule has 0 saturated carbocycles. The zero-order valence-corrected chi connectivity index (χ0v) is 11.4. The van der Waals surface area contributed by atoms with Gasteiger partial charge in [-0.05, 0) is 43.7 Å². The quantitative estimate of drug-likeness (QED) is 0.730. The van der Waals surface area contributed by atoms with Crippen molar-refractivity contribution in [1.82, 2.24) is 5.32 Å². The fraction of sp³-hybridized carbons (Fsp3) is 0.467. The molecule has 1 aromatic rings. The Labute approximate surface area is 109 Å². The molecule has 2 atom stereocenters. The zero-order valence-electron chi connectivity index (χ0n) is 11.4. The van der Waals surface area contributed by atoms with Crippen molar-refractivity contribution < 1.29 is 9.84 Å². The lowest BCUT2D eigenvalue weighted by atomic mass is 10.0. The Morgan fingerprint density at radius 3 is 2.50 bits per heavy atom. The highest BCUT2D eigenvalue weighted by atomic mass is 16.5. The Bertz CT molecular complexity index is 373. The minimum Gasteiger partial charge on any atom is -0.489 e. The summed E-state index contributed by atoms with van der Waals surface area (Å²) in [4.78, 5) is 0. The highest BCUT2D eigenvalue weighted by molar-refractivity contribution is 5.29. The van der Waals surface area contributed by atoms with Crippen LogP contribution >= 0.6 is 0 Å². The third kappa shape index (κ3) is 4.51. The summed E-state index contributed by atoms with van der Waals surface area (Å²) < 4.78 is 5.51. The normalized spacial score (nSPS) is 14.0. The summed E-state index contributed by atoms with van der Waals surface area (Å²) >= 11 is 0. The number of rotatable bonds is 7. The Morgan fingerprint density at radius 1 is 1.39 bits per heavy atom. The SMILES string of the molecule is C=C(C)COc1ccc(C(O)C(C)NCC)cc1. The maximum atomic E-state index is 10.1. The number of aliphatic hydroxyl groups excluding tert-OH is 1. The van der Waals surface area contributed by atoms with Crippen molar-refractivity contribution in [2.45, 2.75) is 32.9 Å². The van der Waals surface area contributed by atoms with Gasteiger partial charge in [-0.15, -0.1) is 0 Å².